The number of nitrogens with zero attached hydrogens (tertiary/aromatic N) is 2. The first-order valence-corrected chi connectivity index (χ1v) is 10.9. The van der Waals surface area contributed by atoms with Crippen LogP contribution in [0, 0.1) is 0 Å². The van der Waals surface area contributed by atoms with Crippen LogP contribution in [0.1, 0.15) is 0 Å². The van der Waals surface area contributed by atoms with Crippen molar-refractivity contribution in [3.63, 3.8) is 0 Å². The minimum Gasteiger partial charge on any atom is -0.234 e. The standard InChI is InChI=1S/C25H20N2S2/c1-26-27(20-12-16-24(17-13-20)28-22-8-4-2-5-9-22)21-14-18-25(19-15-21)29-23-10-6-3-7-11-23/h2-19H,1H2. The molecule has 0 aliphatic heterocycles. The van der Waals surface area contributed by atoms with E-state index in [1.807, 2.05) is 17.1 Å². The van der Waals surface area contributed by atoms with Gasteiger partial charge in [0, 0.05) is 26.3 Å². The molecule has 29 heavy (non-hydrogen) atoms. The SMILES string of the molecule is C=NN(c1ccc(Sc2ccccc2)cc1)c1ccc(Sc2ccccc2)cc1. The van der Waals surface area contributed by atoms with Crippen molar-refractivity contribution in [1.29, 1.82) is 0 Å². The van der Waals surface area contributed by atoms with Crippen molar-refractivity contribution in [3.8, 4) is 0 Å². The molecule has 4 heteroatoms. The lowest BCUT2D eigenvalue weighted by atomic mass is 10.2. The van der Waals surface area contributed by atoms with E-state index in [-0.39, 0.29) is 0 Å². The number of hydrazone groups is 1. The van der Waals surface area contributed by atoms with Crippen LogP contribution in [0.4, 0.5) is 11.4 Å². The van der Waals surface area contributed by atoms with Gasteiger partial charge in [-0.05, 0) is 72.8 Å². The van der Waals surface area contributed by atoms with E-state index in [0.717, 1.165) is 11.4 Å². The molecule has 0 atom stereocenters. The summed E-state index contributed by atoms with van der Waals surface area (Å²) in [5, 5.41) is 6.08. The number of anilines is 2. The Morgan fingerprint density at radius 1 is 0.483 bits per heavy atom. The van der Waals surface area contributed by atoms with E-state index in [1.54, 1.807) is 23.5 Å². The highest BCUT2D eigenvalue weighted by Crippen LogP contribution is 2.33. The second-order valence-corrected chi connectivity index (χ2v) is 8.57. The van der Waals surface area contributed by atoms with Gasteiger partial charge < -0.3 is 0 Å². The Morgan fingerprint density at radius 2 is 0.828 bits per heavy atom. The van der Waals surface area contributed by atoms with Crippen molar-refractivity contribution in [2.24, 2.45) is 5.10 Å². The van der Waals surface area contributed by atoms with Crippen LogP contribution in [-0.4, -0.2) is 6.72 Å². The molecular formula is C25H20N2S2. The summed E-state index contributed by atoms with van der Waals surface area (Å²) < 4.78 is 0. The summed E-state index contributed by atoms with van der Waals surface area (Å²) in [6, 6.07) is 37.5. The van der Waals surface area contributed by atoms with E-state index in [1.165, 1.54) is 19.6 Å². The van der Waals surface area contributed by atoms with Crippen LogP contribution < -0.4 is 5.01 Å². The third-order valence-corrected chi connectivity index (χ3v) is 6.29. The highest BCUT2D eigenvalue weighted by Gasteiger charge is 2.08. The van der Waals surface area contributed by atoms with E-state index in [0.29, 0.717) is 0 Å². The van der Waals surface area contributed by atoms with Crippen molar-refractivity contribution in [2.75, 3.05) is 5.01 Å². The lowest BCUT2D eigenvalue weighted by Gasteiger charge is -2.19. The summed E-state index contributed by atoms with van der Waals surface area (Å²) in [6.45, 7) is 3.76. The molecule has 0 fully saturated rings. The van der Waals surface area contributed by atoms with Gasteiger partial charge in [-0.25, -0.2) is 5.01 Å². The summed E-state index contributed by atoms with van der Waals surface area (Å²) in [7, 11) is 0. The van der Waals surface area contributed by atoms with Crippen LogP contribution in [0.3, 0.4) is 0 Å². The van der Waals surface area contributed by atoms with Gasteiger partial charge in [0.2, 0.25) is 0 Å². The molecule has 0 bridgehead atoms. The third-order valence-electron chi connectivity index (χ3n) is 4.26. The zero-order chi connectivity index (χ0) is 19.9. The van der Waals surface area contributed by atoms with E-state index in [4.69, 9.17) is 0 Å². The molecule has 4 rings (SSSR count). The maximum absolute atomic E-state index is 4.23. The molecule has 0 aliphatic carbocycles. The molecule has 4 aromatic carbocycles. The van der Waals surface area contributed by atoms with Crippen LogP contribution in [0.15, 0.2) is 134 Å². The Kier molecular flexibility index (Phi) is 6.35. The lowest BCUT2D eigenvalue weighted by Crippen LogP contribution is -2.07. The molecule has 0 unspecified atom stereocenters. The molecule has 0 N–H and O–H groups in total. The van der Waals surface area contributed by atoms with Crippen LogP contribution in [0.25, 0.3) is 0 Å². The van der Waals surface area contributed by atoms with Gasteiger partial charge in [0.05, 0.1) is 11.4 Å². The summed E-state index contributed by atoms with van der Waals surface area (Å²) in [5.74, 6) is 0. The van der Waals surface area contributed by atoms with Crippen molar-refractivity contribution in [1.82, 2.24) is 0 Å². The summed E-state index contributed by atoms with van der Waals surface area (Å²) in [4.78, 5) is 4.84. The van der Waals surface area contributed by atoms with Gasteiger partial charge in [-0.1, -0.05) is 59.9 Å². The van der Waals surface area contributed by atoms with E-state index < -0.39 is 0 Å². The fourth-order valence-corrected chi connectivity index (χ4v) is 4.55. The zero-order valence-corrected chi connectivity index (χ0v) is 17.4. The molecular weight excluding hydrogens is 392 g/mol. The fourth-order valence-electron chi connectivity index (χ4n) is 2.87. The van der Waals surface area contributed by atoms with Gasteiger partial charge in [-0.3, -0.25) is 0 Å². The number of rotatable bonds is 7. The van der Waals surface area contributed by atoms with Gasteiger partial charge in [0.1, 0.15) is 0 Å². The molecule has 0 aliphatic rings. The Balaban J connectivity index is 1.47. The molecule has 0 heterocycles. The fraction of sp³-hybridized carbons (Fsp3) is 0. The first kappa shape index (κ1) is 19.4. The minimum absolute atomic E-state index is 0.987. The third kappa shape index (κ3) is 5.11. The second kappa shape index (κ2) is 9.50. The molecule has 0 amide bonds. The largest absolute Gasteiger partial charge is 0.234 e. The first-order chi connectivity index (χ1) is 14.3. The van der Waals surface area contributed by atoms with Crippen molar-refractivity contribution < 1.29 is 0 Å². The first-order valence-electron chi connectivity index (χ1n) is 9.24. The Labute approximate surface area is 180 Å². The van der Waals surface area contributed by atoms with Crippen molar-refractivity contribution in [3.05, 3.63) is 109 Å². The number of benzene rings is 4. The van der Waals surface area contributed by atoms with Crippen LogP contribution in [-0.2, 0) is 0 Å². The summed E-state index contributed by atoms with van der Waals surface area (Å²) in [5.41, 5.74) is 1.97. The predicted octanol–water partition coefficient (Wildman–Crippen LogP) is 7.74. The maximum Gasteiger partial charge on any atom is 0.0653 e. The average molecular weight is 413 g/mol. The Bertz CT molecular complexity index is 962. The average Bonchev–Trinajstić information content (AvgIpc) is 2.78. The highest BCUT2D eigenvalue weighted by atomic mass is 32.2. The normalized spacial score (nSPS) is 10.5. The van der Waals surface area contributed by atoms with E-state index in [2.05, 4.69) is 109 Å². The van der Waals surface area contributed by atoms with Gasteiger partial charge in [0.25, 0.3) is 0 Å². The molecule has 0 aromatic heterocycles. The number of hydrogen-bond donors (Lipinski definition) is 0. The molecule has 0 saturated heterocycles. The monoisotopic (exact) mass is 412 g/mol. The minimum atomic E-state index is 0.987. The maximum atomic E-state index is 4.23. The molecule has 2 nitrogen and oxygen atoms in total. The smallest absolute Gasteiger partial charge is 0.0653 e. The quantitative estimate of drug-likeness (QED) is 0.228. The lowest BCUT2D eigenvalue weighted by molar-refractivity contribution is 1.09. The van der Waals surface area contributed by atoms with E-state index in [9.17, 15) is 0 Å². The molecule has 0 radical (unpaired) electrons. The molecule has 142 valence electrons. The number of hydrogen-bond acceptors (Lipinski definition) is 4. The summed E-state index contributed by atoms with van der Waals surface area (Å²) >= 11 is 3.49. The van der Waals surface area contributed by atoms with Crippen molar-refractivity contribution >= 4 is 41.6 Å². The van der Waals surface area contributed by atoms with E-state index >= 15 is 0 Å². The van der Waals surface area contributed by atoms with Gasteiger partial charge in [0.15, 0.2) is 0 Å². The Morgan fingerprint density at radius 3 is 1.17 bits per heavy atom. The van der Waals surface area contributed by atoms with Gasteiger partial charge in [-0.15, -0.1) is 0 Å². The van der Waals surface area contributed by atoms with Crippen molar-refractivity contribution in [2.45, 2.75) is 19.6 Å². The molecule has 4 aromatic rings. The zero-order valence-electron chi connectivity index (χ0n) is 15.8. The predicted molar refractivity (Wildman–Crippen MR) is 126 cm³/mol. The van der Waals surface area contributed by atoms with Gasteiger partial charge >= 0.3 is 0 Å². The van der Waals surface area contributed by atoms with Gasteiger partial charge in [-0.2, -0.15) is 5.10 Å². The highest BCUT2D eigenvalue weighted by molar-refractivity contribution is 7.99. The van der Waals surface area contributed by atoms with Crippen LogP contribution in [0.2, 0.25) is 0 Å². The second-order valence-electron chi connectivity index (χ2n) is 6.27. The summed E-state index contributed by atoms with van der Waals surface area (Å²) in [6.07, 6.45) is 0. The molecule has 0 spiro atoms. The van der Waals surface area contributed by atoms with Crippen LogP contribution >= 0.6 is 23.5 Å². The Hall–Kier alpha value is -2.95. The van der Waals surface area contributed by atoms with Crippen LogP contribution in [0.5, 0.6) is 0 Å². The molecule has 0 saturated carbocycles. The topological polar surface area (TPSA) is 15.6 Å².